The third-order valence-corrected chi connectivity index (χ3v) is 5.32. The van der Waals surface area contributed by atoms with Crippen LogP contribution in [0.4, 0.5) is 5.13 Å². The van der Waals surface area contributed by atoms with Crippen molar-refractivity contribution in [2.75, 3.05) is 11.9 Å². The molecule has 0 aliphatic rings. The van der Waals surface area contributed by atoms with Gasteiger partial charge in [0.05, 0.1) is 0 Å². The summed E-state index contributed by atoms with van der Waals surface area (Å²) in [5.74, 6) is 0.0314. The maximum Gasteiger partial charge on any atom is 0.268 e. The highest BCUT2D eigenvalue weighted by atomic mass is 35.5. The van der Waals surface area contributed by atoms with E-state index in [0.717, 1.165) is 10.4 Å². The molecule has 0 atom stereocenters. The van der Waals surface area contributed by atoms with Gasteiger partial charge in [0.25, 0.3) is 5.91 Å². The van der Waals surface area contributed by atoms with Crippen LogP contribution in [0, 0.1) is 11.3 Å². The molecule has 0 aliphatic carbocycles. The minimum Gasteiger partial charge on any atom is -0.489 e. The molecule has 0 fully saturated rings. The van der Waals surface area contributed by atoms with E-state index in [1.165, 1.54) is 17.4 Å². The number of nitriles is 1. The molecule has 1 amide bonds. The number of aromatic nitrogens is 1. The summed E-state index contributed by atoms with van der Waals surface area (Å²) in [5, 5.41) is 13.2. The van der Waals surface area contributed by atoms with Crippen molar-refractivity contribution in [2.24, 2.45) is 0 Å². The van der Waals surface area contributed by atoms with Crippen molar-refractivity contribution in [3.8, 4) is 11.8 Å². The largest absolute Gasteiger partial charge is 0.489 e. The number of para-hydroxylation sites is 1. The topological polar surface area (TPSA) is 75.0 Å². The van der Waals surface area contributed by atoms with Gasteiger partial charge in [0, 0.05) is 28.1 Å². The highest BCUT2D eigenvalue weighted by Gasteiger charge is 2.14. The number of rotatable bonds is 8. The van der Waals surface area contributed by atoms with Crippen LogP contribution in [0.5, 0.6) is 5.75 Å². The number of carbonyl (C=O) groups is 1. The number of nitrogens with zero attached hydrogens (tertiary/aromatic N) is 2. The standard InChI is InChI=1S/C23H18ClN3O2S/c1-2-11-29-21-10-6-4-8-17(21)12-18(14-25)22(28)27-23-26-15-19(30-23)13-16-7-3-5-9-20(16)24/h2-10,12,15H,1,11,13H2,(H,26,27,28)/b18-12+. The van der Waals surface area contributed by atoms with E-state index in [9.17, 15) is 10.1 Å². The molecule has 0 unspecified atom stereocenters. The third kappa shape index (κ3) is 5.57. The van der Waals surface area contributed by atoms with Crippen LogP contribution < -0.4 is 10.1 Å². The van der Waals surface area contributed by atoms with Crippen LogP contribution in [0.2, 0.25) is 5.02 Å². The average molecular weight is 436 g/mol. The molecule has 1 heterocycles. The Morgan fingerprint density at radius 3 is 2.80 bits per heavy atom. The molecule has 150 valence electrons. The average Bonchev–Trinajstić information content (AvgIpc) is 3.19. The van der Waals surface area contributed by atoms with Gasteiger partial charge in [0.1, 0.15) is 24.0 Å². The first-order chi connectivity index (χ1) is 14.6. The maximum absolute atomic E-state index is 12.6. The fourth-order valence-corrected chi connectivity index (χ4v) is 3.66. The highest BCUT2D eigenvalue weighted by Crippen LogP contribution is 2.26. The van der Waals surface area contributed by atoms with Crippen LogP contribution in [0.1, 0.15) is 16.0 Å². The number of anilines is 1. The third-order valence-electron chi connectivity index (χ3n) is 4.04. The van der Waals surface area contributed by atoms with Crippen molar-refractivity contribution in [3.05, 3.63) is 94.0 Å². The number of carbonyl (C=O) groups excluding carboxylic acids is 1. The Hall–Kier alpha value is -3.40. The fourth-order valence-electron chi connectivity index (χ4n) is 2.62. The summed E-state index contributed by atoms with van der Waals surface area (Å²) in [6.07, 6.45) is 5.42. The van der Waals surface area contributed by atoms with Gasteiger partial charge in [-0.05, 0) is 23.8 Å². The molecule has 0 saturated carbocycles. The van der Waals surface area contributed by atoms with Gasteiger partial charge in [-0.15, -0.1) is 11.3 Å². The van der Waals surface area contributed by atoms with Gasteiger partial charge in [-0.1, -0.05) is 60.7 Å². The number of halogens is 1. The smallest absolute Gasteiger partial charge is 0.268 e. The summed E-state index contributed by atoms with van der Waals surface area (Å²) in [7, 11) is 0. The lowest BCUT2D eigenvalue weighted by atomic mass is 10.1. The Morgan fingerprint density at radius 1 is 1.27 bits per heavy atom. The molecule has 0 spiro atoms. The number of benzene rings is 2. The Kier molecular flexibility index (Phi) is 7.39. The molecule has 30 heavy (non-hydrogen) atoms. The minimum absolute atomic E-state index is 0.0486. The number of ether oxygens (including phenoxy) is 1. The van der Waals surface area contributed by atoms with Crippen molar-refractivity contribution >= 4 is 40.1 Å². The first-order valence-corrected chi connectivity index (χ1v) is 10.2. The normalized spacial score (nSPS) is 10.9. The Morgan fingerprint density at radius 2 is 2.03 bits per heavy atom. The van der Waals surface area contributed by atoms with Crippen LogP contribution in [0.15, 0.2) is 73.0 Å². The number of amides is 1. The summed E-state index contributed by atoms with van der Waals surface area (Å²) in [6, 6.07) is 16.7. The second-order valence-corrected chi connectivity index (χ2v) is 7.68. The lowest BCUT2D eigenvalue weighted by Crippen LogP contribution is -2.13. The number of hydrogen-bond donors (Lipinski definition) is 1. The maximum atomic E-state index is 12.6. The zero-order valence-electron chi connectivity index (χ0n) is 16.0. The van der Waals surface area contributed by atoms with E-state index in [2.05, 4.69) is 16.9 Å². The summed E-state index contributed by atoms with van der Waals surface area (Å²) in [6.45, 7) is 3.95. The molecule has 3 rings (SSSR count). The second kappa shape index (κ2) is 10.4. The molecular weight excluding hydrogens is 418 g/mol. The first kappa shape index (κ1) is 21.3. The van der Waals surface area contributed by atoms with Crippen LogP contribution in [-0.2, 0) is 11.2 Å². The SMILES string of the molecule is C=CCOc1ccccc1/C=C(\C#N)C(=O)Nc1ncc(Cc2ccccc2Cl)s1. The molecule has 0 saturated heterocycles. The summed E-state index contributed by atoms with van der Waals surface area (Å²) < 4.78 is 5.57. The Balaban J connectivity index is 1.73. The van der Waals surface area contributed by atoms with Crippen LogP contribution in [0.3, 0.4) is 0 Å². The molecule has 0 radical (unpaired) electrons. The lowest BCUT2D eigenvalue weighted by molar-refractivity contribution is -0.112. The van der Waals surface area contributed by atoms with Gasteiger partial charge in [0.15, 0.2) is 5.13 Å². The molecule has 5 nitrogen and oxygen atoms in total. The van der Waals surface area contributed by atoms with Crippen LogP contribution in [0.25, 0.3) is 6.08 Å². The molecular formula is C23H18ClN3O2S. The summed E-state index contributed by atoms with van der Waals surface area (Å²) in [4.78, 5) is 17.8. The van der Waals surface area contributed by atoms with Gasteiger partial charge in [0.2, 0.25) is 0 Å². The molecule has 3 aromatic rings. The van der Waals surface area contributed by atoms with Crippen molar-refractivity contribution in [1.82, 2.24) is 4.98 Å². The Bertz CT molecular complexity index is 1130. The number of nitrogens with one attached hydrogen (secondary N) is 1. The lowest BCUT2D eigenvalue weighted by Gasteiger charge is -2.07. The molecule has 0 aliphatic heterocycles. The van der Waals surface area contributed by atoms with Gasteiger partial charge in [-0.25, -0.2) is 4.98 Å². The fraction of sp³-hybridized carbons (Fsp3) is 0.0870. The minimum atomic E-state index is -0.533. The molecule has 1 N–H and O–H groups in total. The van der Waals surface area contributed by atoms with E-state index in [1.807, 2.05) is 36.4 Å². The first-order valence-electron chi connectivity index (χ1n) is 9.04. The van der Waals surface area contributed by atoms with E-state index >= 15 is 0 Å². The van der Waals surface area contributed by atoms with E-state index < -0.39 is 5.91 Å². The van der Waals surface area contributed by atoms with Gasteiger partial charge >= 0.3 is 0 Å². The Labute approximate surface area is 183 Å². The van der Waals surface area contributed by atoms with E-state index in [1.54, 1.807) is 30.5 Å². The van der Waals surface area contributed by atoms with Crippen molar-refractivity contribution in [3.63, 3.8) is 0 Å². The number of hydrogen-bond acceptors (Lipinski definition) is 5. The van der Waals surface area contributed by atoms with Crippen LogP contribution in [-0.4, -0.2) is 17.5 Å². The van der Waals surface area contributed by atoms with Gasteiger partial charge in [-0.2, -0.15) is 5.26 Å². The predicted molar refractivity (Wildman–Crippen MR) is 121 cm³/mol. The van der Waals surface area contributed by atoms with Crippen LogP contribution >= 0.6 is 22.9 Å². The van der Waals surface area contributed by atoms with Crippen molar-refractivity contribution in [2.45, 2.75) is 6.42 Å². The summed E-state index contributed by atoms with van der Waals surface area (Å²) >= 11 is 7.54. The van der Waals surface area contributed by atoms with Crippen molar-refractivity contribution < 1.29 is 9.53 Å². The van der Waals surface area contributed by atoms with Gasteiger partial charge < -0.3 is 4.74 Å². The van der Waals surface area contributed by atoms with E-state index in [0.29, 0.717) is 34.5 Å². The van der Waals surface area contributed by atoms with E-state index in [-0.39, 0.29) is 5.57 Å². The number of thiazole rings is 1. The molecule has 7 heteroatoms. The zero-order chi connectivity index (χ0) is 21.3. The summed E-state index contributed by atoms with van der Waals surface area (Å²) in [5.41, 5.74) is 1.56. The quantitative estimate of drug-likeness (QED) is 0.288. The molecule has 1 aromatic heterocycles. The molecule has 2 aromatic carbocycles. The van der Waals surface area contributed by atoms with E-state index in [4.69, 9.17) is 16.3 Å². The monoisotopic (exact) mass is 435 g/mol. The second-order valence-electron chi connectivity index (χ2n) is 6.16. The zero-order valence-corrected chi connectivity index (χ0v) is 17.5. The molecule has 0 bridgehead atoms. The van der Waals surface area contributed by atoms with Crippen molar-refractivity contribution in [1.29, 1.82) is 5.26 Å². The van der Waals surface area contributed by atoms with Gasteiger partial charge in [-0.3, -0.25) is 10.1 Å². The predicted octanol–water partition coefficient (Wildman–Crippen LogP) is 5.50. The highest BCUT2D eigenvalue weighted by molar-refractivity contribution is 7.15.